The molecule has 1 aliphatic carbocycles. The van der Waals surface area contributed by atoms with Gasteiger partial charge in [-0.2, -0.15) is 5.10 Å². The number of urea groups is 1. The normalized spacial score (nSPS) is 20.3. The van der Waals surface area contributed by atoms with E-state index in [0.29, 0.717) is 31.6 Å². The Kier molecular flexibility index (Phi) is 4.75. The van der Waals surface area contributed by atoms with Crippen molar-refractivity contribution < 1.29 is 4.79 Å². The summed E-state index contributed by atoms with van der Waals surface area (Å²) in [5, 5.41) is 7.22. The molecule has 1 saturated heterocycles. The fourth-order valence-corrected chi connectivity index (χ4v) is 3.31. The molecular formula is C16H24N4O2. The molecule has 1 aromatic heterocycles. The Morgan fingerprint density at radius 2 is 1.95 bits per heavy atom. The van der Waals surface area contributed by atoms with Crippen LogP contribution in [0.15, 0.2) is 23.1 Å². The molecule has 0 atom stereocenters. The average Bonchev–Trinajstić information content (AvgIpc) is 2.72. The minimum Gasteiger partial charge on any atom is -0.335 e. The SMILES string of the molecule is O=C(NC1CCCCCC1)N1CC(Cn2ncccc2=O)C1. The van der Waals surface area contributed by atoms with Gasteiger partial charge in [0.05, 0.1) is 6.54 Å². The third-order valence-corrected chi connectivity index (χ3v) is 4.64. The molecule has 3 rings (SSSR count). The van der Waals surface area contributed by atoms with Crippen LogP contribution in [0.25, 0.3) is 0 Å². The topological polar surface area (TPSA) is 67.2 Å². The van der Waals surface area contributed by atoms with Crippen molar-refractivity contribution in [3.05, 3.63) is 28.7 Å². The number of nitrogens with zero attached hydrogens (tertiary/aromatic N) is 3. The molecule has 1 aliphatic heterocycles. The molecule has 1 saturated carbocycles. The van der Waals surface area contributed by atoms with E-state index in [-0.39, 0.29) is 11.6 Å². The van der Waals surface area contributed by atoms with Crippen LogP contribution in [0.3, 0.4) is 0 Å². The summed E-state index contributed by atoms with van der Waals surface area (Å²) >= 11 is 0. The van der Waals surface area contributed by atoms with Crippen LogP contribution in [0.5, 0.6) is 0 Å². The Morgan fingerprint density at radius 1 is 1.23 bits per heavy atom. The highest BCUT2D eigenvalue weighted by Gasteiger charge is 2.32. The molecule has 2 fully saturated rings. The lowest BCUT2D eigenvalue weighted by molar-refractivity contribution is 0.104. The second kappa shape index (κ2) is 6.94. The van der Waals surface area contributed by atoms with Crippen molar-refractivity contribution in [3.8, 4) is 0 Å². The van der Waals surface area contributed by atoms with Gasteiger partial charge in [0.25, 0.3) is 5.56 Å². The number of likely N-dealkylation sites (tertiary alicyclic amines) is 1. The van der Waals surface area contributed by atoms with E-state index in [9.17, 15) is 9.59 Å². The van der Waals surface area contributed by atoms with Crippen LogP contribution in [0, 0.1) is 5.92 Å². The van der Waals surface area contributed by atoms with Gasteiger partial charge in [0, 0.05) is 37.3 Å². The summed E-state index contributed by atoms with van der Waals surface area (Å²) in [6.07, 6.45) is 8.84. The van der Waals surface area contributed by atoms with Crippen LogP contribution >= 0.6 is 0 Å². The van der Waals surface area contributed by atoms with E-state index in [1.807, 2.05) is 4.90 Å². The number of aromatic nitrogens is 2. The molecular weight excluding hydrogens is 280 g/mol. The molecule has 0 unspecified atom stereocenters. The summed E-state index contributed by atoms with van der Waals surface area (Å²) in [6.45, 7) is 2.01. The lowest BCUT2D eigenvalue weighted by atomic mass is 10.0. The van der Waals surface area contributed by atoms with Gasteiger partial charge in [0.1, 0.15) is 0 Å². The molecule has 0 spiro atoms. The van der Waals surface area contributed by atoms with Crippen molar-refractivity contribution >= 4 is 6.03 Å². The van der Waals surface area contributed by atoms with Crippen molar-refractivity contribution in [2.75, 3.05) is 13.1 Å². The summed E-state index contributed by atoms with van der Waals surface area (Å²) in [6, 6.07) is 3.55. The van der Waals surface area contributed by atoms with Crippen LogP contribution in [0.1, 0.15) is 38.5 Å². The number of rotatable bonds is 3. The standard InChI is InChI=1S/C16H24N4O2/c21-15-8-5-9-17-20(15)12-13-10-19(11-13)16(22)18-14-6-3-1-2-4-7-14/h5,8-9,13-14H,1-4,6-7,10-12H2,(H,18,22). The van der Waals surface area contributed by atoms with Gasteiger partial charge in [0.15, 0.2) is 0 Å². The largest absolute Gasteiger partial charge is 0.335 e. The molecule has 1 aromatic rings. The second-order valence-corrected chi connectivity index (χ2v) is 6.45. The third-order valence-electron chi connectivity index (χ3n) is 4.64. The smallest absolute Gasteiger partial charge is 0.317 e. The Morgan fingerprint density at radius 3 is 2.64 bits per heavy atom. The van der Waals surface area contributed by atoms with Gasteiger partial charge >= 0.3 is 6.03 Å². The molecule has 6 heteroatoms. The number of carbonyl (C=O) groups excluding carboxylic acids is 1. The Hall–Kier alpha value is -1.85. The maximum atomic E-state index is 12.2. The summed E-state index contributed by atoms with van der Waals surface area (Å²) in [5.41, 5.74) is -0.0798. The molecule has 1 N–H and O–H groups in total. The van der Waals surface area contributed by atoms with Crippen LogP contribution in [0.4, 0.5) is 4.79 Å². The van der Waals surface area contributed by atoms with Crippen LogP contribution in [0.2, 0.25) is 0 Å². The van der Waals surface area contributed by atoms with E-state index in [0.717, 1.165) is 12.8 Å². The Bertz CT molecular complexity index is 557. The molecule has 0 bridgehead atoms. The van der Waals surface area contributed by atoms with Crippen LogP contribution < -0.4 is 10.9 Å². The number of nitrogens with one attached hydrogen (secondary N) is 1. The van der Waals surface area contributed by atoms with E-state index in [1.54, 1.807) is 12.3 Å². The van der Waals surface area contributed by atoms with Crippen LogP contribution in [-0.2, 0) is 6.54 Å². The summed E-state index contributed by atoms with van der Waals surface area (Å²) in [5.74, 6) is 0.326. The predicted molar refractivity (Wildman–Crippen MR) is 83.6 cm³/mol. The zero-order chi connectivity index (χ0) is 15.4. The first-order valence-electron chi connectivity index (χ1n) is 8.30. The molecule has 0 aromatic carbocycles. The molecule has 2 heterocycles. The first-order chi connectivity index (χ1) is 10.7. The third kappa shape index (κ3) is 3.67. The molecule has 22 heavy (non-hydrogen) atoms. The van der Waals surface area contributed by atoms with Crippen molar-refractivity contribution in [3.63, 3.8) is 0 Å². The van der Waals surface area contributed by atoms with Gasteiger partial charge < -0.3 is 10.2 Å². The van der Waals surface area contributed by atoms with Gasteiger partial charge in [-0.15, -0.1) is 0 Å². The number of hydrogen-bond acceptors (Lipinski definition) is 3. The lowest BCUT2D eigenvalue weighted by Crippen LogP contribution is -2.56. The predicted octanol–water partition coefficient (Wildman–Crippen LogP) is 1.61. The molecule has 0 radical (unpaired) electrons. The zero-order valence-corrected chi connectivity index (χ0v) is 12.9. The van der Waals surface area contributed by atoms with Crippen molar-refractivity contribution in [1.29, 1.82) is 0 Å². The molecule has 6 nitrogen and oxygen atoms in total. The molecule has 2 amide bonds. The Labute approximate surface area is 130 Å². The van der Waals surface area contributed by atoms with E-state index in [1.165, 1.54) is 36.4 Å². The molecule has 2 aliphatic rings. The summed E-state index contributed by atoms with van der Waals surface area (Å²) in [7, 11) is 0. The minimum absolute atomic E-state index is 0.0523. The lowest BCUT2D eigenvalue weighted by Gasteiger charge is -2.39. The first-order valence-corrected chi connectivity index (χ1v) is 8.30. The average molecular weight is 304 g/mol. The van der Waals surface area contributed by atoms with Crippen molar-refractivity contribution in [2.45, 2.75) is 51.1 Å². The van der Waals surface area contributed by atoms with Gasteiger partial charge in [-0.05, 0) is 18.9 Å². The van der Waals surface area contributed by atoms with Crippen LogP contribution in [-0.4, -0.2) is 39.8 Å². The highest BCUT2D eigenvalue weighted by atomic mass is 16.2. The van der Waals surface area contributed by atoms with Crippen molar-refractivity contribution in [1.82, 2.24) is 20.0 Å². The van der Waals surface area contributed by atoms with Gasteiger partial charge in [-0.1, -0.05) is 25.7 Å². The maximum Gasteiger partial charge on any atom is 0.317 e. The quantitative estimate of drug-likeness (QED) is 0.863. The monoisotopic (exact) mass is 304 g/mol. The highest BCUT2D eigenvalue weighted by Crippen LogP contribution is 2.20. The van der Waals surface area contributed by atoms with Crippen molar-refractivity contribution in [2.24, 2.45) is 5.92 Å². The Balaban J connectivity index is 1.43. The highest BCUT2D eigenvalue weighted by molar-refractivity contribution is 5.75. The van der Waals surface area contributed by atoms with E-state index in [4.69, 9.17) is 0 Å². The van der Waals surface area contributed by atoms with E-state index < -0.39 is 0 Å². The summed E-state index contributed by atoms with van der Waals surface area (Å²) < 4.78 is 1.48. The molecule has 120 valence electrons. The number of carbonyl (C=O) groups is 1. The fraction of sp³-hybridized carbons (Fsp3) is 0.688. The van der Waals surface area contributed by atoms with E-state index in [2.05, 4.69) is 10.4 Å². The number of hydrogen-bond donors (Lipinski definition) is 1. The first kappa shape index (κ1) is 15.1. The van der Waals surface area contributed by atoms with Gasteiger partial charge in [-0.25, -0.2) is 9.48 Å². The fourth-order valence-electron chi connectivity index (χ4n) is 3.31. The zero-order valence-electron chi connectivity index (χ0n) is 12.9. The maximum absolute atomic E-state index is 12.2. The number of amides is 2. The summed E-state index contributed by atoms with van der Waals surface area (Å²) in [4.78, 5) is 25.7. The van der Waals surface area contributed by atoms with E-state index >= 15 is 0 Å². The minimum atomic E-state index is -0.0798. The van der Waals surface area contributed by atoms with Gasteiger partial charge in [0.2, 0.25) is 0 Å². The second-order valence-electron chi connectivity index (χ2n) is 6.45. The van der Waals surface area contributed by atoms with Gasteiger partial charge in [-0.3, -0.25) is 4.79 Å².